The van der Waals surface area contributed by atoms with Crippen molar-refractivity contribution < 1.29 is 14.2 Å². The normalized spacial score (nSPS) is 23.4. The third kappa shape index (κ3) is 12.6. The van der Waals surface area contributed by atoms with Gasteiger partial charge in [-0.15, -0.1) is 0 Å². The first kappa shape index (κ1) is 31.3. The summed E-state index contributed by atoms with van der Waals surface area (Å²) in [4.78, 5) is 10.7. The number of nitrogens with zero attached hydrogens (tertiary/aromatic N) is 4. The highest BCUT2D eigenvalue weighted by atomic mass is 16.5. The van der Waals surface area contributed by atoms with Crippen LogP contribution in [0.5, 0.6) is 0 Å². The van der Waals surface area contributed by atoms with Crippen molar-refractivity contribution in [2.45, 2.75) is 59.3 Å². The van der Waals surface area contributed by atoms with Gasteiger partial charge in [-0.3, -0.25) is 14.7 Å². The molecule has 0 amide bonds. The molecular weight excluding hydrogens is 464 g/mol. The van der Waals surface area contributed by atoms with Gasteiger partial charge in [-0.2, -0.15) is 0 Å². The smallest absolute Gasteiger partial charge is 0.0594 e. The van der Waals surface area contributed by atoms with Crippen molar-refractivity contribution in [1.82, 2.24) is 19.6 Å². The van der Waals surface area contributed by atoms with E-state index in [1.807, 2.05) is 0 Å². The first-order valence-corrected chi connectivity index (χ1v) is 15.8. The van der Waals surface area contributed by atoms with Crippen LogP contribution in [0, 0.1) is 17.8 Å². The maximum absolute atomic E-state index is 5.57. The van der Waals surface area contributed by atoms with E-state index in [0.29, 0.717) is 0 Å². The molecule has 3 fully saturated rings. The number of rotatable bonds is 18. The molecule has 0 bridgehead atoms. The Balaban J connectivity index is 1.53. The topological polar surface area (TPSA) is 40.7 Å². The molecule has 3 rings (SSSR count). The number of morpholine rings is 3. The molecule has 7 nitrogen and oxygen atoms in total. The molecule has 0 N–H and O–H groups in total. The second-order valence-corrected chi connectivity index (χ2v) is 11.8. The van der Waals surface area contributed by atoms with E-state index in [1.54, 1.807) is 0 Å². The summed E-state index contributed by atoms with van der Waals surface area (Å²) in [5.41, 5.74) is 0. The first-order valence-electron chi connectivity index (χ1n) is 15.8. The van der Waals surface area contributed by atoms with Crippen molar-refractivity contribution in [1.29, 1.82) is 0 Å². The molecule has 7 heteroatoms. The zero-order chi connectivity index (χ0) is 26.1. The quantitative estimate of drug-likeness (QED) is 0.272. The van der Waals surface area contributed by atoms with E-state index < -0.39 is 0 Å². The molecule has 0 aromatic heterocycles. The van der Waals surface area contributed by atoms with E-state index in [-0.39, 0.29) is 0 Å². The van der Waals surface area contributed by atoms with E-state index in [9.17, 15) is 0 Å². The van der Waals surface area contributed by atoms with Crippen LogP contribution in [0.4, 0.5) is 0 Å². The van der Waals surface area contributed by atoms with Crippen LogP contribution in [0.2, 0.25) is 0 Å². The molecule has 3 saturated heterocycles. The fourth-order valence-electron chi connectivity index (χ4n) is 6.16. The lowest BCUT2D eigenvalue weighted by atomic mass is 9.95. The van der Waals surface area contributed by atoms with Crippen molar-refractivity contribution in [3.63, 3.8) is 0 Å². The van der Waals surface area contributed by atoms with Crippen LogP contribution in [-0.2, 0) is 14.2 Å². The van der Waals surface area contributed by atoms with Gasteiger partial charge >= 0.3 is 0 Å². The standard InChI is InChI=1S/C30H60N4O3/c1-4-28(7-10-31-13-19-35-20-14-31)25-34(26-29(5-2)8-11-32-15-21-36-22-16-32)27-30(6-3)9-12-33-17-23-37-24-18-33/h28-30H,4-27H2,1-3H3. The fraction of sp³-hybridized carbons (Fsp3) is 1.00. The highest BCUT2D eigenvalue weighted by molar-refractivity contribution is 4.76. The molecule has 0 spiro atoms. The van der Waals surface area contributed by atoms with E-state index in [2.05, 4.69) is 40.4 Å². The van der Waals surface area contributed by atoms with Crippen LogP contribution in [0.15, 0.2) is 0 Å². The largest absolute Gasteiger partial charge is 0.379 e. The summed E-state index contributed by atoms with van der Waals surface area (Å²) in [5, 5.41) is 0. The fourth-order valence-corrected chi connectivity index (χ4v) is 6.16. The Kier molecular flexibility index (Phi) is 16.0. The van der Waals surface area contributed by atoms with Crippen LogP contribution in [-0.4, -0.2) is 138 Å². The maximum atomic E-state index is 5.57. The highest BCUT2D eigenvalue weighted by Gasteiger charge is 2.23. The third-order valence-corrected chi connectivity index (χ3v) is 9.15. The summed E-state index contributed by atoms with van der Waals surface area (Å²) >= 11 is 0. The van der Waals surface area contributed by atoms with Crippen LogP contribution < -0.4 is 0 Å². The first-order chi connectivity index (χ1) is 18.2. The van der Waals surface area contributed by atoms with Gasteiger partial charge in [-0.05, 0) is 56.7 Å². The van der Waals surface area contributed by atoms with Gasteiger partial charge in [0.05, 0.1) is 39.6 Å². The monoisotopic (exact) mass is 524 g/mol. The van der Waals surface area contributed by atoms with E-state index in [0.717, 1.165) is 96.7 Å². The Morgan fingerprint density at radius 2 is 0.757 bits per heavy atom. The number of ether oxygens (including phenoxy) is 3. The summed E-state index contributed by atoms with van der Waals surface area (Å²) in [6.45, 7) is 26.8. The second-order valence-electron chi connectivity index (χ2n) is 11.8. The molecule has 0 radical (unpaired) electrons. The van der Waals surface area contributed by atoms with Crippen molar-refractivity contribution >= 4 is 0 Å². The molecule has 0 aliphatic carbocycles. The van der Waals surface area contributed by atoms with Gasteiger partial charge < -0.3 is 19.1 Å². The summed E-state index contributed by atoms with van der Waals surface area (Å²) in [6, 6.07) is 0. The Morgan fingerprint density at radius 1 is 0.486 bits per heavy atom. The molecule has 3 atom stereocenters. The lowest BCUT2D eigenvalue weighted by Crippen LogP contribution is -2.42. The van der Waals surface area contributed by atoms with Gasteiger partial charge in [0.25, 0.3) is 0 Å². The summed E-state index contributed by atoms with van der Waals surface area (Å²) in [5.74, 6) is 2.36. The maximum Gasteiger partial charge on any atom is 0.0594 e. The average molecular weight is 525 g/mol. The molecule has 0 aromatic carbocycles. The lowest BCUT2D eigenvalue weighted by Gasteiger charge is -2.35. The SMILES string of the molecule is CCC(CCN1CCOCC1)CN(CC(CC)CCN1CCOCC1)CC(CC)CCN1CCOCC1. The van der Waals surface area contributed by atoms with Crippen molar-refractivity contribution in [2.24, 2.45) is 17.8 Å². The van der Waals surface area contributed by atoms with Gasteiger partial charge in [0.2, 0.25) is 0 Å². The van der Waals surface area contributed by atoms with Gasteiger partial charge in [-0.1, -0.05) is 40.0 Å². The molecule has 3 unspecified atom stereocenters. The molecule has 0 saturated carbocycles. The van der Waals surface area contributed by atoms with Gasteiger partial charge in [0, 0.05) is 58.9 Å². The molecular formula is C30H60N4O3. The summed E-state index contributed by atoms with van der Waals surface area (Å²) in [7, 11) is 0. The van der Waals surface area contributed by atoms with Crippen molar-refractivity contribution in [3.05, 3.63) is 0 Å². The highest BCUT2D eigenvalue weighted by Crippen LogP contribution is 2.21. The van der Waals surface area contributed by atoms with Crippen LogP contribution >= 0.6 is 0 Å². The summed E-state index contributed by atoms with van der Waals surface area (Å²) in [6.07, 6.45) is 7.83. The minimum absolute atomic E-state index is 0.788. The summed E-state index contributed by atoms with van der Waals surface area (Å²) < 4.78 is 16.7. The van der Waals surface area contributed by atoms with E-state index >= 15 is 0 Å². The van der Waals surface area contributed by atoms with Gasteiger partial charge in [0.1, 0.15) is 0 Å². The third-order valence-electron chi connectivity index (χ3n) is 9.15. The minimum Gasteiger partial charge on any atom is -0.379 e. The minimum atomic E-state index is 0.788. The van der Waals surface area contributed by atoms with Gasteiger partial charge in [0.15, 0.2) is 0 Å². The molecule has 3 heterocycles. The number of hydrogen-bond acceptors (Lipinski definition) is 7. The Morgan fingerprint density at radius 3 is 1.00 bits per heavy atom. The Labute approximate surface area is 229 Å². The Bertz CT molecular complexity index is 475. The van der Waals surface area contributed by atoms with Gasteiger partial charge in [-0.25, -0.2) is 0 Å². The Hall–Kier alpha value is -0.280. The molecule has 3 aliphatic rings. The van der Waals surface area contributed by atoms with Crippen LogP contribution in [0.3, 0.4) is 0 Å². The van der Waals surface area contributed by atoms with Crippen LogP contribution in [0.25, 0.3) is 0 Å². The lowest BCUT2D eigenvalue weighted by molar-refractivity contribution is 0.0305. The van der Waals surface area contributed by atoms with Crippen LogP contribution in [0.1, 0.15) is 59.3 Å². The zero-order valence-electron chi connectivity index (χ0n) is 24.7. The van der Waals surface area contributed by atoms with Crippen molar-refractivity contribution in [3.8, 4) is 0 Å². The molecule has 0 aromatic rings. The van der Waals surface area contributed by atoms with Crippen molar-refractivity contribution in [2.75, 3.05) is 118 Å². The molecule has 218 valence electrons. The number of hydrogen-bond donors (Lipinski definition) is 0. The van der Waals surface area contributed by atoms with E-state index in [4.69, 9.17) is 14.2 Å². The second kappa shape index (κ2) is 18.9. The average Bonchev–Trinajstić information content (AvgIpc) is 2.96. The zero-order valence-corrected chi connectivity index (χ0v) is 24.7. The molecule has 3 aliphatic heterocycles. The van der Waals surface area contributed by atoms with E-state index in [1.165, 1.54) is 77.8 Å². The molecule has 37 heavy (non-hydrogen) atoms. The predicted octanol–water partition coefficient (Wildman–Crippen LogP) is 3.53. The predicted molar refractivity (Wildman–Crippen MR) is 153 cm³/mol.